The molecular formula is C26H27N3O4. The Labute approximate surface area is 192 Å². The molecule has 1 aliphatic rings. The van der Waals surface area contributed by atoms with Gasteiger partial charge in [-0.25, -0.2) is 5.43 Å². The minimum absolute atomic E-state index is 0.239. The number of carbonyl (C=O) groups is 2. The van der Waals surface area contributed by atoms with Gasteiger partial charge in [-0.15, -0.1) is 0 Å². The van der Waals surface area contributed by atoms with Crippen LogP contribution in [0.4, 0.5) is 5.69 Å². The molecule has 0 fully saturated rings. The molecule has 0 radical (unpaired) electrons. The lowest BCUT2D eigenvalue weighted by atomic mass is 9.93. The van der Waals surface area contributed by atoms with E-state index in [2.05, 4.69) is 15.8 Å². The number of fused-ring (bicyclic) bond motifs is 1. The van der Waals surface area contributed by atoms with Crippen molar-refractivity contribution in [1.82, 2.24) is 5.43 Å². The molecule has 7 heteroatoms. The fraction of sp³-hybridized carbons (Fsp3) is 0.269. The van der Waals surface area contributed by atoms with Crippen molar-refractivity contribution in [3.63, 3.8) is 0 Å². The maximum absolute atomic E-state index is 13.1. The van der Waals surface area contributed by atoms with Gasteiger partial charge in [0.2, 0.25) is 0 Å². The largest absolute Gasteiger partial charge is 0.495 e. The minimum atomic E-state index is -0.353. The van der Waals surface area contributed by atoms with Gasteiger partial charge in [-0.05, 0) is 62.9 Å². The maximum Gasteiger partial charge on any atom is 0.291 e. The van der Waals surface area contributed by atoms with Gasteiger partial charge >= 0.3 is 0 Å². The van der Waals surface area contributed by atoms with Gasteiger partial charge in [0, 0.05) is 23.1 Å². The van der Waals surface area contributed by atoms with E-state index in [1.165, 1.54) is 0 Å². The first kappa shape index (κ1) is 22.3. The van der Waals surface area contributed by atoms with Crippen LogP contribution in [0.1, 0.15) is 61.8 Å². The van der Waals surface area contributed by atoms with Crippen LogP contribution in [0, 0.1) is 20.8 Å². The Morgan fingerprint density at radius 1 is 1.03 bits per heavy atom. The second-order valence-corrected chi connectivity index (χ2v) is 8.18. The van der Waals surface area contributed by atoms with Gasteiger partial charge in [-0.2, -0.15) is 5.10 Å². The van der Waals surface area contributed by atoms with Crippen LogP contribution < -0.4 is 15.5 Å². The zero-order valence-corrected chi connectivity index (χ0v) is 19.2. The number of benzene rings is 2. The molecule has 1 aliphatic carbocycles. The molecule has 0 spiro atoms. The summed E-state index contributed by atoms with van der Waals surface area (Å²) in [5.74, 6) is 0.906. The topological polar surface area (TPSA) is 92.9 Å². The normalized spacial score (nSPS) is 14.0. The Kier molecular flexibility index (Phi) is 6.31. The Morgan fingerprint density at radius 2 is 1.82 bits per heavy atom. The Hall–Kier alpha value is -3.87. The number of amides is 2. The maximum atomic E-state index is 13.1. The van der Waals surface area contributed by atoms with E-state index in [9.17, 15) is 9.59 Å². The Balaban J connectivity index is 1.59. The number of aryl methyl sites for hydroxylation is 3. The van der Waals surface area contributed by atoms with E-state index in [4.69, 9.17) is 9.15 Å². The third kappa shape index (κ3) is 4.53. The third-order valence-electron chi connectivity index (χ3n) is 5.82. The average Bonchev–Trinajstić information content (AvgIpc) is 3.15. The summed E-state index contributed by atoms with van der Waals surface area (Å²) in [6.07, 6.45) is 2.22. The monoisotopic (exact) mass is 445 g/mol. The summed E-state index contributed by atoms with van der Waals surface area (Å²) in [5.41, 5.74) is 7.92. The van der Waals surface area contributed by atoms with Crippen LogP contribution >= 0.6 is 0 Å². The van der Waals surface area contributed by atoms with Gasteiger partial charge in [0.05, 0.1) is 18.5 Å². The van der Waals surface area contributed by atoms with Gasteiger partial charge in [0.1, 0.15) is 11.5 Å². The first-order valence-electron chi connectivity index (χ1n) is 10.9. The average molecular weight is 446 g/mol. The SMILES string of the molecule is COc1ccc(C)cc1NC(=O)c1oc2c(c1C)/C(=N/NC(=O)c1ccccc1C)CCC2. The fourth-order valence-corrected chi connectivity index (χ4v) is 4.10. The van der Waals surface area contributed by atoms with Crippen LogP contribution in [0.3, 0.4) is 0 Å². The molecule has 3 aromatic rings. The first-order valence-corrected chi connectivity index (χ1v) is 10.9. The summed E-state index contributed by atoms with van der Waals surface area (Å²) in [6.45, 7) is 5.67. The van der Waals surface area contributed by atoms with E-state index in [1.807, 2.05) is 57.2 Å². The third-order valence-corrected chi connectivity index (χ3v) is 5.82. The number of rotatable bonds is 5. The van der Waals surface area contributed by atoms with Crippen LogP contribution in [0.15, 0.2) is 52.0 Å². The molecule has 1 aromatic heterocycles. The van der Waals surface area contributed by atoms with Crippen molar-refractivity contribution in [2.45, 2.75) is 40.0 Å². The zero-order valence-electron chi connectivity index (χ0n) is 19.2. The molecule has 2 amide bonds. The van der Waals surface area contributed by atoms with E-state index in [-0.39, 0.29) is 17.6 Å². The molecule has 33 heavy (non-hydrogen) atoms. The van der Waals surface area contributed by atoms with Crippen molar-refractivity contribution in [1.29, 1.82) is 0 Å². The number of hydrogen-bond donors (Lipinski definition) is 2. The fourth-order valence-electron chi connectivity index (χ4n) is 4.10. The van der Waals surface area contributed by atoms with Crippen molar-refractivity contribution in [2.75, 3.05) is 12.4 Å². The van der Waals surface area contributed by atoms with E-state index in [0.29, 0.717) is 46.9 Å². The van der Waals surface area contributed by atoms with Crippen LogP contribution in [-0.2, 0) is 6.42 Å². The van der Waals surface area contributed by atoms with Crippen LogP contribution in [0.25, 0.3) is 0 Å². The van der Waals surface area contributed by atoms with Crippen molar-refractivity contribution in [2.24, 2.45) is 5.10 Å². The van der Waals surface area contributed by atoms with Crippen molar-refractivity contribution < 1.29 is 18.7 Å². The number of hydrogen-bond acceptors (Lipinski definition) is 5. The van der Waals surface area contributed by atoms with Gasteiger partial charge < -0.3 is 14.5 Å². The van der Waals surface area contributed by atoms with E-state index < -0.39 is 0 Å². The minimum Gasteiger partial charge on any atom is -0.495 e. The predicted molar refractivity (Wildman–Crippen MR) is 127 cm³/mol. The van der Waals surface area contributed by atoms with Crippen molar-refractivity contribution >= 4 is 23.2 Å². The molecule has 0 saturated heterocycles. The summed E-state index contributed by atoms with van der Waals surface area (Å²) in [7, 11) is 1.56. The summed E-state index contributed by atoms with van der Waals surface area (Å²) < 4.78 is 11.3. The van der Waals surface area contributed by atoms with E-state index in [0.717, 1.165) is 23.1 Å². The molecular weight excluding hydrogens is 418 g/mol. The lowest BCUT2D eigenvalue weighted by molar-refractivity contribution is 0.0953. The molecule has 1 heterocycles. The van der Waals surface area contributed by atoms with Gasteiger partial charge in [-0.3, -0.25) is 9.59 Å². The Morgan fingerprint density at radius 3 is 2.58 bits per heavy atom. The number of carbonyl (C=O) groups excluding carboxylic acids is 2. The molecule has 2 aromatic carbocycles. The lowest BCUT2D eigenvalue weighted by Crippen LogP contribution is -2.22. The first-order chi connectivity index (χ1) is 15.9. The van der Waals surface area contributed by atoms with Crippen LogP contribution in [0.5, 0.6) is 5.75 Å². The summed E-state index contributed by atoms with van der Waals surface area (Å²) >= 11 is 0. The second kappa shape index (κ2) is 9.32. The summed E-state index contributed by atoms with van der Waals surface area (Å²) in [4.78, 5) is 25.6. The molecule has 2 N–H and O–H groups in total. The molecule has 0 atom stereocenters. The quantitative estimate of drug-likeness (QED) is 0.544. The van der Waals surface area contributed by atoms with Gasteiger partial charge in [0.15, 0.2) is 5.76 Å². The number of hydrazone groups is 1. The molecule has 0 bridgehead atoms. The highest BCUT2D eigenvalue weighted by Crippen LogP contribution is 2.31. The number of anilines is 1. The highest BCUT2D eigenvalue weighted by Gasteiger charge is 2.28. The molecule has 0 saturated carbocycles. The highest BCUT2D eigenvalue weighted by atomic mass is 16.5. The second-order valence-electron chi connectivity index (χ2n) is 8.18. The summed E-state index contributed by atoms with van der Waals surface area (Å²) in [6, 6.07) is 12.9. The number of nitrogens with zero attached hydrogens (tertiary/aromatic N) is 1. The molecule has 0 unspecified atom stereocenters. The molecule has 4 rings (SSSR count). The zero-order chi connectivity index (χ0) is 23.5. The van der Waals surface area contributed by atoms with Crippen LogP contribution in [-0.4, -0.2) is 24.6 Å². The number of ether oxygens (including phenoxy) is 1. The van der Waals surface area contributed by atoms with Crippen molar-refractivity contribution in [3.8, 4) is 5.75 Å². The lowest BCUT2D eigenvalue weighted by Gasteiger charge is -2.13. The Bertz CT molecular complexity index is 1260. The number of nitrogens with one attached hydrogen (secondary N) is 2. The van der Waals surface area contributed by atoms with Gasteiger partial charge in [0.25, 0.3) is 11.8 Å². The molecule has 170 valence electrons. The van der Waals surface area contributed by atoms with Crippen molar-refractivity contribution in [3.05, 3.63) is 81.8 Å². The van der Waals surface area contributed by atoms with Gasteiger partial charge in [-0.1, -0.05) is 24.3 Å². The molecule has 0 aliphatic heterocycles. The smallest absolute Gasteiger partial charge is 0.291 e. The van der Waals surface area contributed by atoms with E-state index >= 15 is 0 Å². The van der Waals surface area contributed by atoms with Crippen LogP contribution in [0.2, 0.25) is 0 Å². The highest BCUT2D eigenvalue weighted by molar-refractivity contribution is 6.10. The number of methoxy groups -OCH3 is 1. The van der Waals surface area contributed by atoms with E-state index in [1.54, 1.807) is 13.2 Å². The molecule has 7 nitrogen and oxygen atoms in total. The predicted octanol–water partition coefficient (Wildman–Crippen LogP) is 4.94. The summed E-state index contributed by atoms with van der Waals surface area (Å²) in [5, 5.41) is 7.30. The standard InChI is InChI=1S/C26H27N3O4/c1-15-12-13-21(32-4)20(14-15)27-26(31)24-17(3)23-19(10-7-11-22(23)33-24)28-29-25(30)18-9-6-5-8-16(18)2/h5-6,8-9,12-14H,7,10-11H2,1-4H3,(H,27,31)(H,29,30)/b28-19+. The number of furan rings is 1.